The average Bonchev–Trinajstić information content (AvgIpc) is 3.16. The molecule has 12 heteroatoms. The van der Waals surface area contributed by atoms with Gasteiger partial charge in [0.2, 0.25) is 5.91 Å². The Hall–Kier alpha value is -3.21. The van der Waals surface area contributed by atoms with Crippen LogP contribution >= 0.6 is 11.6 Å². The second-order valence-electron chi connectivity index (χ2n) is 6.97. The van der Waals surface area contributed by atoms with E-state index in [4.69, 9.17) is 11.6 Å². The normalized spacial score (nSPS) is 13.0. The number of ether oxygens (including phenoxy) is 1. The Morgan fingerprint density at radius 1 is 1.09 bits per heavy atom. The van der Waals surface area contributed by atoms with Crippen molar-refractivity contribution in [2.45, 2.75) is 31.9 Å². The minimum absolute atomic E-state index is 0.0547. The van der Waals surface area contributed by atoms with Gasteiger partial charge in [0.15, 0.2) is 5.69 Å². The van der Waals surface area contributed by atoms with E-state index in [-0.39, 0.29) is 22.9 Å². The van der Waals surface area contributed by atoms with Gasteiger partial charge < -0.3 is 10.1 Å². The van der Waals surface area contributed by atoms with Crippen molar-refractivity contribution >= 4 is 17.5 Å². The first kappa shape index (κ1) is 24.4. The predicted octanol–water partition coefficient (Wildman–Crippen LogP) is 5.86. The third-order valence-corrected chi connectivity index (χ3v) is 4.81. The first-order chi connectivity index (χ1) is 15.3. The van der Waals surface area contributed by atoms with Gasteiger partial charge in [-0.2, -0.15) is 18.3 Å². The molecule has 0 saturated carbocycles. The van der Waals surface area contributed by atoms with Crippen LogP contribution in [-0.2, 0) is 17.5 Å². The lowest BCUT2D eigenvalue weighted by Gasteiger charge is -2.14. The van der Waals surface area contributed by atoms with Gasteiger partial charge in [0.25, 0.3) is 0 Å². The van der Waals surface area contributed by atoms with E-state index in [0.717, 1.165) is 22.9 Å². The maximum Gasteiger partial charge on any atom is 0.573 e. The zero-order valence-electron chi connectivity index (χ0n) is 16.8. The van der Waals surface area contributed by atoms with Gasteiger partial charge in [0.1, 0.15) is 5.75 Å². The third-order valence-electron chi connectivity index (χ3n) is 4.58. The predicted molar refractivity (Wildman–Crippen MR) is 107 cm³/mol. The summed E-state index contributed by atoms with van der Waals surface area (Å²) < 4.78 is 81.2. The molecule has 0 aliphatic carbocycles. The molecule has 176 valence electrons. The summed E-state index contributed by atoms with van der Waals surface area (Å²) in [5.41, 5.74) is -0.420. The van der Waals surface area contributed by atoms with Crippen LogP contribution < -0.4 is 10.1 Å². The lowest BCUT2D eigenvalue weighted by atomic mass is 10.0. The molecule has 0 bridgehead atoms. The second kappa shape index (κ2) is 9.34. The van der Waals surface area contributed by atoms with Gasteiger partial charge in [-0.1, -0.05) is 29.8 Å². The fraction of sp³-hybridized carbons (Fsp3) is 0.238. The van der Waals surface area contributed by atoms with Crippen molar-refractivity contribution in [3.05, 3.63) is 76.6 Å². The molecule has 1 heterocycles. The Bertz CT molecular complexity index is 1130. The van der Waals surface area contributed by atoms with Crippen LogP contribution in [0, 0.1) is 0 Å². The molecule has 0 aliphatic heterocycles. The summed E-state index contributed by atoms with van der Waals surface area (Å²) >= 11 is 5.92. The first-order valence-electron chi connectivity index (χ1n) is 9.39. The number of alkyl halides is 6. The molecule has 2 aromatic carbocycles. The number of aromatic nitrogens is 2. The lowest BCUT2D eigenvalue weighted by Crippen LogP contribution is -2.28. The zero-order chi connectivity index (χ0) is 24.4. The molecule has 1 unspecified atom stereocenters. The number of hydrogen-bond donors (Lipinski definition) is 1. The summed E-state index contributed by atoms with van der Waals surface area (Å²) in [6.07, 6.45) is -9.54. The van der Waals surface area contributed by atoms with E-state index in [1.54, 1.807) is 12.1 Å². The molecule has 0 fully saturated rings. The molecular formula is C21H16ClF6N3O2. The van der Waals surface area contributed by atoms with Gasteiger partial charge in [-0.25, -0.2) is 4.68 Å². The van der Waals surface area contributed by atoms with E-state index < -0.39 is 35.8 Å². The van der Waals surface area contributed by atoms with Crippen LogP contribution in [0.5, 0.6) is 5.75 Å². The van der Waals surface area contributed by atoms with Crippen molar-refractivity contribution in [1.29, 1.82) is 0 Å². The molecule has 1 aromatic heterocycles. The van der Waals surface area contributed by atoms with Crippen LogP contribution in [0.2, 0.25) is 5.02 Å². The van der Waals surface area contributed by atoms with Crippen LogP contribution in [0.4, 0.5) is 26.3 Å². The lowest BCUT2D eigenvalue weighted by molar-refractivity contribution is -0.274. The van der Waals surface area contributed by atoms with Crippen LogP contribution in [0.15, 0.2) is 54.6 Å². The Morgan fingerprint density at radius 3 is 2.33 bits per heavy atom. The number of hydrogen-bond acceptors (Lipinski definition) is 3. The van der Waals surface area contributed by atoms with Crippen LogP contribution in [0.25, 0.3) is 5.69 Å². The van der Waals surface area contributed by atoms with E-state index in [0.29, 0.717) is 5.56 Å². The van der Waals surface area contributed by atoms with Crippen molar-refractivity contribution in [2.75, 3.05) is 0 Å². The molecule has 1 amide bonds. The number of rotatable bonds is 6. The topological polar surface area (TPSA) is 56.2 Å². The SMILES string of the molecule is CC(C(=O)NCc1cc(C(F)(F)F)nn1-c1cccc(Cl)c1)c1ccc(OC(F)(F)F)cc1. The smallest absolute Gasteiger partial charge is 0.406 e. The van der Waals surface area contributed by atoms with Gasteiger partial charge in [0.05, 0.1) is 23.8 Å². The van der Waals surface area contributed by atoms with Crippen LogP contribution in [0.3, 0.4) is 0 Å². The van der Waals surface area contributed by atoms with Gasteiger partial charge >= 0.3 is 12.5 Å². The highest BCUT2D eigenvalue weighted by Crippen LogP contribution is 2.30. The Labute approximate surface area is 188 Å². The molecule has 0 spiro atoms. The number of benzene rings is 2. The fourth-order valence-electron chi connectivity index (χ4n) is 2.96. The van der Waals surface area contributed by atoms with Gasteiger partial charge in [-0.05, 0) is 48.9 Å². The molecular weight excluding hydrogens is 476 g/mol. The standard InChI is InChI=1S/C21H16ClF6N3O2/c1-12(13-5-7-17(8-6-13)33-21(26,27)28)19(32)29-11-16-10-18(20(23,24)25)30-31(16)15-4-2-3-14(22)9-15/h2-10,12H,11H2,1H3,(H,29,32). The van der Waals surface area contributed by atoms with Crippen LogP contribution in [-0.4, -0.2) is 22.1 Å². The monoisotopic (exact) mass is 491 g/mol. The summed E-state index contributed by atoms with van der Waals surface area (Å²) in [4.78, 5) is 12.5. The highest BCUT2D eigenvalue weighted by Gasteiger charge is 2.35. The van der Waals surface area contributed by atoms with Gasteiger partial charge in [-0.15, -0.1) is 13.2 Å². The molecule has 0 aliphatic rings. The summed E-state index contributed by atoms with van der Waals surface area (Å²) in [6, 6.07) is 11.6. The summed E-state index contributed by atoms with van der Waals surface area (Å²) in [5, 5.41) is 6.41. The minimum Gasteiger partial charge on any atom is -0.406 e. The largest absolute Gasteiger partial charge is 0.573 e. The molecule has 3 aromatic rings. The Balaban J connectivity index is 1.76. The van der Waals surface area contributed by atoms with E-state index in [1.165, 1.54) is 31.2 Å². The third kappa shape index (κ3) is 6.41. The maximum atomic E-state index is 13.2. The molecule has 0 radical (unpaired) electrons. The molecule has 33 heavy (non-hydrogen) atoms. The highest BCUT2D eigenvalue weighted by atomic mass is 35.5. The Kier molecular flexibility index (Phi) is 6.92. The first-order valence-corrected chi connectivity index (χ1v) is 9.77. The number of nitrogens with zero attached hydrogens (tertiary/aromatic N) is 2. The van der Waals surface area contributed by atoms with Crippen molar-refractivity contribution in [3.63, 3.8) is 0 Å². The number of carbonyl (C=O) groups excluding carboxylic acids is 1. The van der Waals surface area contributed by atoms with Crippen molar-refractivity contribution in [3.8, 4) is 11.4 Å². The van der Waals surface area contributed by atoms with E-state index in [1.807, 2.05) is 0 Å². The number of halogens is 7. The van der Waals surface area contributed by atoms with E-state index in [2.05, 4.69) is 15.2 Å². The second-order valence-corrected chi connectivity index (χ2v) is 7.40. The number of carbonyl (C=O) groups is 1. The minimum atomic E-state index is -4.84. The van der Waals surface area contributed by atoms with E-state index >= 15 is 0 Å². The Morgan fingerprint density at radius 2 is 1.76 bits per heavy atom. The van der Waals surface area contributed by atoms with Crippen LogP contribution in [0.1, 0.15) is 29.8 Å². The summed E-state index contributed by atoms with van der Waals surface area (Å²) in [6.45, 7) is 1.22. The number of amides is 1. The summed E-state index contributed by atoms with van der Waals surface area (Å²) in [7, 11) is 0. The maximum absolute atomic E-state index is 13.2. The molecule has 1 atom stereocenters. The molecule has 0 saturated heterocycles. The van der Waals surface area contributed by atoms with E-state index in [9.17, 15) is 31.1 Å². The fourth-order valence-corrected chi connectivity index (χ4v) is 3.14. The highest BCUT2D eigenvalue weighted by molar-refractivity contribution is 6.30. The van der Waals surface area contributed by atoms with Gasteiger partial charge in [0, 0.05) is 5.02 Å². The molecule has 5 nitrogen and oxygen atoms in total. The van der Waals surface area contributed by atoms with Crippen molar-refractivity contribution in [2.24, 2.45) is 0 Å². The summed E-state index contributed by atoms with van der Waals surface area (Å²) in [5.74, 6) is -1.79. The molecule has 3 rings (SSSR count). The number of nitrogens with one attached hydrogen (secondary N) is 1. The molecule has 1 N–H and O–H groups in total. The quantitative estimate of drug-likeness (QED) is 0.439. The zero-order valence-corrected chi connectivity index (χ0v) is 17.6. The van der Waals surface area contributed by atoms with Crippen molar-refractivity contribution in [1.82, 2.24) is 15.1 Å². The van der Waals surface area contributed by atoms with Gasteiger partial charge in [-0.3, -0.25) is 4.79 Å². The van der Waals surface area contributed by atoms with Crippen molar-refractivity contribution < 1.29 is 35.9 Å². The average molecular weight is 492 g/mol.